The number of hydrogen-bond donors (Lipinski definition) is 4. The van der Waals surface area contributed by atoms with Crippen LogP contribution < -0.4 is 72.5 Å². The molecule has 4 amide bonds. The second kappa shape index (κ2) is 36.6. The Morgan fingerprint density at radius 3 is 0.917 bits per heavy atom. The number of hydrazine groups is 2. The number of fused-ring (bicyclic) bond motifs is 8. The molecule has 96 heavy (non-hydrogen) atoms. The number of allylic oxidation sites excluding steroid dienone is 4. The van der Waals surface area contributed by atoms with Gasteiger partial charge in [-0.2, -0.15) is 0 Å². The lowest BCUT2D eigenvalue weighted by Gasteiger charge is -2.30. The Bertz CT molecular complexity index is 3660. The van der Waals surface area contributed by atoms with Crippen LogP contribution in [0, 0.1) is 13.8 Å². The first-order valence-electron chi connectivity index (χ1n) is 30.4. The van der Waals surface area contributed by atoms with E-state index in [1.807, 2.05) is 59.7 Å². The standard InChI is InChI=1S/C62H84N14O20/c1-7-39-35(3)43-21-44-37(5)41(9-11-51(77)67-69-53(79)25-73(29-57(85)86)17-13-71(27-55(81)82)15-19-75(31-59(89)90)32-60(91)92)49(65-44)24-50-42(38(6)46(66-50)23-48-40(8-2)36(4)45(64-48)22-47(39)63-43)10-12-52(78)68-70-54(80)26-74(30-58(87)88)18-14-72(28-56(83)84)16-20-76(33-61(93)94)34-62(95)96/h21-24H,7-20,25-34H2,1-6H3,(H14,63,64,65,66,67,68,69,70,77,78,79,80,81,82,83,84,85,86,87,88,89,90,91,92,93,94,95,96)/p-10. The number of amides is 4. The second-order valence-corrected chi connectivity index (χ2v) is 22.8. The lowest BCUT2D eigenvalue weighted by atomic mass is 10.0. The number of aryl methyl sites for hydroxylation is 4. The molecule has 4 N–H and O–H groups in total. The highest BCUT2D eigenvalue weighted by molar-refractivity contribution is 5.96. The zero-order valence-electron chi connectivity index (χ0n) is 53.9. The van der Waals surface area contributed by atoms with Crippen molar-refractivity contribution in [3.05, 3.63) is 69.3 Å². The SMILES string of the molecule is CCC1=C(C)c2cc3[n-]c(cc4[n-]c(cc5nc(cc1n2)C(C)=C5CC)c(C)c4CCC(=O)NNC(=O)CN(CCN(CCN(CC(=O)[O-])CC(=O)[O-])CC(=O)[O-])CC(=O)[O-])c(CCC(=O)NNC(=O)CN(CCN(CCN(CC(=O)[O-])CC(=O)[O-])CC(=O)[O-])CC(=O)[O-])c3C. The van der Waals surface area contributed by atoms with Crippen molar-refractivity contribution in [1.82, 2.24) is 71.0 Å². The molecule has 0 fully saturated rings. The largest absolute Gasteiger partial charge is 0.657 e. The molecular weight excluding hydrogens is 1260 g/mol. The maximum atomic E-state index is 13.6. The summed E-state index contributed by atoms with van der Waals surface area (Å²) in [6.45, 7) is 1.81. The number of hydrogen-bond acceptors (Lipinski definition) is 28. The van der Waals surface area contributed by atoms with Crippen LogP contribution in [0.15, 0.2) is 24.3 Å². The van der Waals surface area contributed by atoms with E-state index in [1.54, 1.807) is 6.07 Å². The van der Waals surface area contributed by atoms with Gasteiger partial charge in [0.2, 0.25) is 11.8 Å². The topological polar surface area (TPSA) is 511 Å². The van der Waals surface area contributed by atoms with Crippen molar-refractivity contribution in [1.29, 1.82) is 0 Å². The van der Waals surface area contributed by atoms with Crippen LogP contribution in [0.25, 0.3) is 44.4 Å². The Morgan fingerprint density at radius 2 is 0.604 bits per heavy atom. The third-order valence-electron chi connectivity index (χ3n) is 15.7. The summed E-state index contributed by atoms with van der Waals surface area (Å²) in [5.41, 5.74) is 19.9. The zero-order valence-corrected chi connectivity index (χ0v) is 53.9. The smallest absolute Gasteiger partial charge is 0.252 e. The number of nitrogens with zero attached hydrogens (tertiary/aromatic N) is 10. The Morgan fingerprint density at radius 1 is 0.344 bits per heavy atom. The number of carboxylic acid groups (broad SMARTS) is 8. The normalized spacial score (nSPS) is 12.3. The van der Waals surface area contributed by atoms with Gasteiger partial charge in [-0.3, -0.25) is 70.3 Å². The van der Waals surface area contributed by atoms with Crippen molar-refractivity contribution in [3.63, 3.8) is 0 Å². The highest BCUT2D eigenvalue weighted by Gasteiger charge is 2.22. The van der Waals surface area contributed by atoms with Crippen LogP contribution in [0.4, 0.5) is 0 Å². The quantitative estimate of drug-likeness (QED) is 0.0384. The van der Waals surface area contributed by atoms with Crippen molar-refractivity contribution < 1.29 is 98.4 Å². The van der Waals surface area contributed by atoms with Gasteiger partial charge < -0.3 is 89.2 Å². The van der Waals surface area contributed by atoms with E-state index in [0.717, 1.165) is 41.9 Å². The summed E-state index contributed by atoms with van der Waals surface area (Å²) < 4.78 is 0. The number of carbonyl (C=O) groups is 12. The maximum absolute atomic E-state index is 13.6. The van der Waals surface area contributed by atoms with Crippen LogP contribution in [0.5, 0.6) is 0 Å². The fraction of sp³-hybridized carbons (Fsp3) is 0.484. The van der Waals surface area contributed by atoms with Crippen LogP contribution in [-0.4, -0.2) is 229 Å². The predicted octanol–water partition coefficient (Wildman–Crippen LogP) is -11.2. The molecule has 34 heteroatoms. The van der Waals surface area contributed by atoms with Gasteiger partial charge in [0, 0.05) is 118 Å². The van der Waals surface area contributed by atoms with Crippen LogP contribution in [-0.2, 0) is 70.4 Å². The number of carboxylic acids is 8. The average Bonchev–Trinajstić information content (AvgIpc) is 1.63. The minimum Gasteiger partial charge on any atom is -0.657 e. The summed E-state index contributed by atoms with van der Waals surface area (Å²) in [6.07, 6.45) is 0.793. The zero-order chi connectivity index (χ0) is 71.1. The van der Waals surface area contributed by atoms with E-state index in [0.29, 0.717) is 79.9 Å². The van der Waals surface area contributed by atoms with E-state index < -0.39 is 137 Å². The minimum absolute atomic E-state index is 0.0209. The monoisotopic (exact) mass is 1330 g/mol. The fourth-order valence-electron chi connectivity index (χ4n) is 10.9. The Labute approximate surface area is 550 Å². The molecule has 0 spiro atoms. The van der Waals surface area contributed by atoms with Crippen molar-refractivity contribution in [2.45, 2.75) is 80.1 Å². The third kappa shape index (κ3) is 24.4. The van der Waals surface area contributed by atoms with Gasteiger partial charge in [0.05, 0.1) is 83.6 Å². The Hall–Kier alpha value is -10.0. The van der Waals surface area contributed by atoms with E-state index in [2.05, 4.69) is 21.7 Å². The van der Waals surface area contributed by atoms with Gasteiger partial charge in [-0.05, 0) is 81.7 Å². The first-order valence-corrected chi connectivity index (χ1v) is 30.4. The molecule has 34 nitrogen and oxygen atoms in total. The summed E-state index contributed by atoms with van der Waals surface area (Å²) in [4.78, 5) is 172. The molecule has 2 aliphatic rings. The Balaban J connectivity index is 1.40. The van der Waals surface area contributed by atoms with Gasteiger partial charge in [-0.1, -0.05) is 54.3 Å². The highest BCUT2D eigenvalue weighted by Crippen LogP contribution is 2.37. The summed E-state index contributed by atoms with van der Waals surface area (Å²) in [7, 11) is 0. The summed E-state index contributed by atoms with van der Waals surface area (Å²) in [5, 5.41) is 91.3. The van der Waals surface area contributed by atoms with Crippen molar-refractivity contribution >= 4 is 116 Å². The molecule has 5 heterocycles. The lowest BCUT2D eigenvalue weighted by molar-refractivity contribution is -0.313. The second-order valence-electron chi connectivity index (χ2n) is 22.8. The van der Waals surface area contributed by atoms with Crippen LogP contribution in [0.1, 0.15) is 98.4 Å². The number of rotatable bonds is 40. The summed E-state index contributed by atoms with van der Waals surface area (Å²) in [5.74, 6) is -15.9. The van der Waals surface area contributed by atoms with Crippen LogP contribution in [0.3, 0.4) is 0 Å². The summed E-state index contributed by atoms with van der Waals surface area (Å²) in [6, 6.07) is 7.32. The molecule has 0 unspecified atom stereocenters. The van der Waals surface area contributed by atoms with E-state index in [-0.39, 0.29) is 78.0 Å². The van der Waals surface area contributed by atoms with Crippen LogP contribution in [0.2, 0.25) is 0 Å². The van der Waals surface area contributed by atoms with Gasteiger partial charge in [-0.25, -0.2) is 9.97 Å². The van der Waals surface area contributed by atoms with Gasteiger partial charge in [-0.15, -0.1) is 22.1 Å². The third-order valence-corrected chi connectivity index (χ3v) is 15.7. The number of nitrogens with one attached hydrogen (secondary N) is 4. The first-order chi connectivity index (χ1) is 45.3. The van der Waals surface area contributed by atoms with Gasteiger partial charge >= 0.3 is 0 Å². The molecule has 0 saturated heterocycles. The number of carbonyl (C=O) groups excluding carboxylic acids is 12. The van der Waals surface area contributed by atoms with Gasteiger partial charge in [0.1, 0.15) is 0 Å². The molecule has 5 rings (SSSR count). The highest BCUT2D eigenvalue weighted by atomic mass is 16.4. The Kier molecular flexibility index (Phi) is 29.3. The lowest BCUT2D eigenvalue weighted by Crippen LogP contribution is -2.51. The summed E-state index contributed by atoms with van der Waals surface area (Å²) >= 11 is 0. The predicted molar refractivity (Wildman–Crippen MR) is 322 cm³/mol. The van der Waals surface area contributed by atoms with Gasteiger partial charge in [0.15, 0.2) is 0 Å². The molecule has 0 aromatic carbocycles. The molecule has 522 valence electrons. The van der Waals surface area contributed by atoms with E-state index in [4.69, 9.17) is 19.9 Å². The van der Waals surface area contributed by atoms with E-state index in [1.165, 1.54) is 9.80 Å². The molecular formula is C62H74N14O20-10. The van der Waals surface area contributed by atoms with Crippen LogP contribution >= 0.6 is 0 Å². The molecule has 0 aliphatic carbocycles. The minimum atomic E-state index is -1.61. The van der Waals surface area contributed by atoms with Crippen molar-refractivity contribution in [2.75, 3.05) is 118 Å². The maximum Gasteiger partial charge on any atom is 0.252 e. The molecule has 8 bridgehead atoms. The average molecular weight is 1340 g/mol. The molecule has 3 aromatic heterocycles. The molecule has 0 radical (unpaired) electrons. The first kappa shape index (κ1) is 76.7. The van der Waals surface area contributed by atoms with Crippen molar-refractivity contribution in [3.8, 4) is 0 Å². The fourth-order valence-corrected chi connectivity index (χ4v) is 10.9. The molecule has 3 aromatic rings. The number of aliphatic carboxylic acids is 8. The number of aromatic nitrogens is 4. The van der Waals surface area contributed by atoms with E-state index in [9.17, 15) is 98.4 Å². The van der Waals surface area contributed by atoms with Gasteiger partial charge in [0.25, 0.3) is 11.8 Å². The molecule has 0 saturated carbocycles. The molecule has 0 atom stereocenters. The van der Waals surface area contributed by atoms with Crippen molar-refractivity contribution in [2.24, 2.45) is 0 Å². The van der Waals surface area contributed by atoms with E-state index >= 15 is 0 Å². The molecule has 2 aliphatic heterocycles.